The van der Waals surface area contributed by atoms with E-state index < -0.39 is 4.92 Å². The summed E-state index contributed by atoms with van der Waals surface area (Å²) in [5, 5.41) is 17.2. The van der Waals surface area contributed by atoms with Gasteiger partial charge in [0, 0.05) is 17.8 Å². The number of anilines is 2. The molecule has 0 aromatic heterocycles. The number of hydrogen-bond acceptors (Lipinski definition) is 4. The maximum atomic E-state index is 11.4. The largest absolute Gasteiger partial charge is 0.377 e. The zero-order valence-corrected chi connectivity index (χ0v) is 12.6. The van der Waals surface area contributed by atoms with Crippen LogP contribution in [0.3, 0.4) is 0 Å². The number of amides is 1. The monoisotopic (exact) mass is 291 g/mol. The average molecular weight is 291 g/mol. The second kappa shape index (κ2) is 6.11. The Kier molecular flexibility index (Phi) is 4.45. The number of nitro groups is 1. The van der Waals surface area contributed by atoms with Gasteiger partial charge in [0.2, 0.25) is 5.91 Å². The average Bonchev–Trinajstić information content (AvgIpc) is 2.76. The fraction of sp³-hybridized carbons (Fsp3) is 0.533. The van der Waals surface area contributed by atoms with Gasteiger partial charge in [0.25, 0.3) is 5.69 Å². The molecule has 1 aromatic rings. The zero-order chi connectivity index (χ0) is 15.6. The Morgan fingerprint density at radius 2 is 2.14 bits per heavy atom. The first-order valence-electron chi connectivity index (χ1n) is 7.28. The molecular formula is C15H21N3O3. The SMILES string of the molecule is CCC(C)CC(C)Nc1cc2c(cc1[N+](=O)[O-])CC(=O)N2. The van der Waals surface area contributed by atoms with Crippen molar-refractivity contribution in [2.75, 3.05) is 10.6 Å². The number of fused-ring (bicyclic) bond motifs is 1. The van der Waals surface area contributed by atoms with Crippen molar-refractivity contribution >= 4 is 23.0 Å². The van der Waals surface area contributed by atoms with Gasteiger partial charge in [-0.2, -0.15) is 0 Å². The van der Waals surface area contributed by atoms with E-state index in [1.54, 1.807) is 6.07 Å². The molecule has 2 unspecified atom stereocenters. The molecule has 1 amide bonds. The number of nitrogens with one attached hydrogen (secondary N) is 2. The lowest BCUT2D eigenvalue weighted by atomic mass is 10.00. The van der Waals surface area contributed by atoms with Crippen LogP contribution in [0.5, 0.6) is 0 Å². The molecule has 1 aliphatic heterocycles. The maximum Gasteiger partial charge on any atom is 0.292 e. The Hall–Kier alpha value is -2.11. The molecule has 0 saturated heterocycles. The molecule has 0 aliphatic carbocycles. The molecule has 0 spiro atoms. The summed E-state index contributed by atoms with van der Waals surface area (Å²) in [5.41, 5.74) is 1.86. The molecular weight excluding hydrogens is 270 g/mol. The molecule has 21 heavy (non-hydrogen) atoms. The van der Waals surface area contributed by atoms with Crippen molar-refractivity contribution in [2.45, 2.75) is 46.1 Å². The summed E-state index contributed by atoms with van der Waals surface area (Å²) in [6.07, 6.45) is 2.23. The maximum absolute atomic E-state index is 11.4. The van der Waals surface area contributed by atoms with Gasteiger partial charge < -0.3 is 10.6 Å². The molecule has 6 heteroatoms. The highest BCUT2D eigenvalue weighted by molar-refractivity contribution is 6.00. The lowest BCUT2D eigenvalue weighted by molar-refractivity contribution is -0.384. The van der Waals surface area contributed by atoms with Crippen molar-refractivity contribution in [3.8, 4) is 0 Å². The van der Waals surface area contributed by atoms with Crippen LogP contribution < -0.4 is 10.6 Å². The second-order valence-corrected chi connectivity index (χ2v) is 5.80. The van der Waals surface area contributed by atoms with Crippen LogP contribution in [-0.2, 0) is 11.2 Å². The minimum absolute atomic E-state index is 0.0289. The molecule has 1 aliphatic rings. The van der Waals surface area contributed by atoms with Crippen molar-refractivity contribution in [3.63, 3.8) is 0 Å². The van der Waals surface area contributed by atoms with Crippen LogP contribution in [0, 0.1) is 16.0 Å². The predicted octanol–water partition coefficient (Wildman–Crippen LogP) is 3.33. The van der Waals surface area contributed by atoms with Gasteiger partial charge in [0.05, 0.1) is 11.3 Å². The number of nitro benzene ring substituents is 1. The summed E-state index contributed by atoms with van der Waals surface area (Å²) in [7, 11) is 0. The summed E-state index contributed by atoms with van der Waals surface area (Å²) < 4.78 is 0. The fourth-order valence-corrected chi connectivity index (χ4v) is 2.62. The number of benzene rings is 1. The Morgan fingerprint density at radius 3 is 2.76 bits per heavy atom. The Balaban J connectivity index is 2.24. The highest BCUT2D eigenvalue weighted by Crippen LogP contribution is 2.35. The normalized spacial score (nSPS) is 16.0. The third-order valence-corrected chi connectivity index (χ3v) is 3.90. The summed E-state index contributed by atoms with van der Waals surface area (Å²) in [5.74, 6) is 0.435. The quantitative estimate of drug-likeness (QED) is 0.622. The molecule has 1 heterocycles. The minimum Gasteiger partial charge on any atom is -0.377 e. The third-order valence-electron chi connectivity index (χ3n) is 3.90. The number of hydrogen-bond donors (Lipinski definition) is 2. The van der Waals surface area contributed by atoms with Crippen molar-refractivity contribution < 1.29 is 9.72 Å². The highest BCUT2D eigenvalue weighted by Gasteiger charge is 2.25. The van der Waals surface area contributed by atoms with Crippen LogP contribution in [-0.4, -0.2) is 16.9 Å². The Bertz CT molecular complexity index is 572. The highest BCUT2D eigenvalue weighted by atomic mass is 16.6. The van der Waals surface area contributed by atoms with Gasteiger partial charge in [-0.25, -0.2) is 0 Å². The zero-order valence-electron chi connectivity index (χ0n) is 12.6. The first kappa shape index (κ1) is 15.3. The number of carbonyl (C=O) groups is 1. The standard InChI is InChI=1S/C15H21N3O3/c1-4-9(2)5-10(3)16-13-8-12-11(7-15(19)17-12)6-14(13)18(20)21/h6,8-10,16H,4-5,7H2,1-3H3,(H,17,19). The van der Waals surface area contributed by atoms with Crippen LogP contribution in [0.4, 0.5) is 17.1 Å². The van der Waals surface area contributed by atoms with Gasteiger partial charge in [-0.15, -0.1) is 0 Å². The lowest BCUT2D eigenvalue weighted by Gasteiger charge is -2.19. The smallest absolute Gasteiger partial charge is 0.292 e. The number of carbonyl (C=O) groups excluding carboxylic acids is 1. The van der Waals surface area contributed by atoms with Gasteiger partial charge in [0.1, 0.15) is 5.69 Å². The van der Waals surface area contributed by atoms with Crippen molar-refractivity contribution in [1.29, 1.82) is 0 Å². The lowest BCUT2D eigenvalue weighted by Crippen LogP contribution is -2.19. The van der Waals surface area contributed by atoms with E-state index >= 15 is 0 Å². The van der Waals surface area contributed by atoms with E-state index in [-0.39, 0.29) is 24.1 Å². The Labute approximate surface area is 124 Å². The van der Waals surface area contributed by atoms with E-state index in [0.29, 0.717) is 22.9 Å². The first-order valence-corrected chi connectivity index (χ1v) is 7.28. The van der Waals surface area contributed by atoms with Crippen LogP contribution in [0.15, 0.2) is 12.1 Å². The van der Waals surface area contributed by atoms with Crippen LogP contribution in [0.25, 0.3) is 0 Å². The van der Waals surface area contributed by atoms with Crippen molar-refractivity contribution in [2.24, 2.45) is 5.92 Å². The topological polar surface area (TPSA) is 84.3 Å². The van der Waals surface area contributed by atoms with Gasteiger partial charge >= 0.3 is 0 Å². The summed E-state index contributed by atoms with van der Waals surface area (Å²) in [6, 6.07) is 3.30. The Morgan fingerprint density at radius 1 is 1.43 bits per heavy atom. The van der Waals surface area contributed by atoms with E-state index in [1.165, 1.54) is 6.07 Å². The summed E-state index contributed by atoms with van der Waals surface area (Å²) >= 11 is 0. The summed E-state index contributed by atoms with van der Waals surface area (Å²) in [6.45, 7) is 6.31. The molecule has 0 saturated carbocycles. The fourth-order valence-electron chi connectivity index (χ4n) is 2.62. The van der Waals surface area contributed by atoms with E-state index in [4.69, 9.17) is 0 Å². The van der Waals surface area contributed by atoms with Gasteiger partial charge in [0.15, 0.2) is 0 Å². The van der Waals surface area contributed by atoms with Gasteiger partial charge in [-0.1, -0.05) is 20.3 Å². The number of nitrogens with zero attached hydrogens (tertiary/aromatic N) is 1. The van der Waals surface area contributed by atoms with E-state index in [0.717, 1.165) is 12.8 Å². The second-order valence-electron chi connectivity index (χ2n) is 5.80. The van der Waals surface area contributed by atoms with Crippen LogP contribution in [0.2, 0.25) is 0 Å². The molecule has 6 nitrogen and oxygen atoms in total. The van der Waals surface area contributed by atoms with E-state index in [9.17, 15) is 14.9 Å². The first-order chi connectivity index (χ1) is 9.90. The van der Waals surface area contributed by atoms with Gasteiger partial charge in [-0.05, 0) is 30.9 Å². The third kappa shape index (κ3) is 3.51. The van der Waals surface area contributed by atoms with Crippen molar-refractivity contribution in [3.05, 3.63) is 27.8 Å². The molecule has 1 aromatic carbocycles. The van der Waals surface area contributed by atoms with E-state index in [2.05, 4.69) is 24.5 Å². The predicted molar refractivity (Wildman–Crippen MR) is 82.6 cm³/mol. The minimum atomic E-state index is -0.401. The summed E-state index contributed by atoms with van der Waals surface area (Å²) in [4.78, 5) is 22.2. The molecule has 114 valence electrons. The van der Waals surface area contributed by atoms with Crippen molar-refractivity contribution in [1.82, 2.24) is 0 Å². The number of rotatable bonds is 6. The molecule has 2 rings (SSSR count). The van der Waals surface area contributed by atoms with E-state index in [1.807, 2.05) is 6.92 Å². The molecule has 0 radical (unpaired) electrons. The molecule has 0 fully saturated rings. The molecule has 2 N–H and O–H groups in total. The van der Waals surface area contributed by atoms with Crippen LogP contribution >= 0.6 is 0 Å². The van der Waals surface area contributed by atoms with Crippen LogP contribution in [0.1, 0.15) is 39.2 Å². The molecule has 0 bridgehead atoms. The van der Waals surface area contributed by atoms with Gasteiger partial charge in [-0.3, -0.25) is 14.9 Å². The molecule has 2 atom stereocenters.